The number of amides is 2. The van der Waals surface area contributed by atoms with E-state index in [1.54, 1.807) is 4.90 Å². The summed E-state index contributed by atoms with van der Waals surface area (Å²) < 4.78 is 0. The molecular formula is C18H29N3O2. The second kappa shape index (κ2) is 8.89. The average molecular weight is 319 g/mol. The maximum atomic E-state index is 12.2. The van der Waals surface area contributed by atoms with Gasteiger partial charge in [-0.3, -0.25) is 4.90 Å². The summed E-state index contributed by atoms with van der Waals surface area (Å²) in [5, 5.41) is 12.3. The Morgan fingerprint density at radius 1 is 1.35 bits per heavy atom. The van der Waals surface area contributed by atoms with Crippen molar-refractivity contribution in [3.8, 4) is 0 Å². The van der Waals surface area contributed by atoms with Crippen molar-refractivity contribution in [2.75, 3.05) is 26.2 Å². The van der Waals surface area contributed by atoms with Crippen molar-refractivity contribution in [1.82, 2.24) is 15.1 Å². The summed E-state index contributed by atoms with van der Waals surface area (Å²) in [6.45, 7) is 8.66. The second-order valence-electron chi connectivity index (χ2n) is 6.11. The number of aliphatic hydroxyl groups excluding tert-OH is 1. The molecule has 23 heavy (non-hydrogen) atoms. The zero-order valence-corrected chi connectivity index (χ0v) is 14.3. The topological polar surface area (TPSA) is 55.8 Å². The van der Waals surface area contributed by atoms with Gasteiger partial charge in [-0.05, 0) is 37.1 Å². The highest BCUT2D eigenvalue weighted by atomic mass is 16.3. The minimum absolute atomic E-state index is 0.0241. The summed E-state index contributed by atoms with van der Waals surface area (Å²) in [5.74, 6) is 0. The third-order valence-corrected chi connectivity index (χ3v) is 4.58. The summed E-state index contributed by atoms with van der Waals surface area (Å²) in [6, 6.07) is 8.28. The molecule has 5 nitrogen and oxygen atoms in total. The van der Waals surface area contributed by atoms with Crippen molar-refractivity contribution < 1.29 is 9.90 Å². The van der Waals surface area contributed by atoms with E-state index < -0.39 is 0 Å². The van der Waals surface area contributed by atoms with E-state index in [1.807, 2.05) is 12.1 Å². The van der Waals surface area contributed by atoms with Crippen molar-refractivity contribution in [2.45, 2.75) is 45.8 Å². The van der Waals surface area contributed by atoms with Gasteiger partial charge in [-0.15, -0.1) is 0 Å². The standard InChI is InChI=1S/C18H29N3O2/c1-3-20(4-2)13-16-8-5-7-15(11-16)12-19-18(23)21-10-6-9-17(21)14-22/h5,7-8,11,17,22H,3-4,6,9-10,12-14H2,1-2H3,(H,19,23)/t17-/m0/s1. The van der Waals surface area contributed by atoms with Crippen LogP contribution in [0.5, 0.6) is 0 Å². The van der Waals surface area contributed by atoms with Gasteiger partial charge >= 0.3 is 6.03 Å². The minimum atomic E-state index is -0.0734. The lowest BCUT2D eigenvalue weighted by molar-refractivity contribution is 0.157. The monoisotopic (exact) mass is 319 g/mol. The van der Waals surface area contributed by atoms with Gasteiger partial charge in [0.05, 0.1) is 12.6 Å². The molecule has 0 aromatic heterocycles. The maximum Gasteiger partial charge on any atom is 0.317 e. The molecule has 0 saturated carbocycles. The van der Waals surface area contributed by atoms with Crippen LogP contribution in [0.2, 0.25) is 0 Å². The molecule has 1 aromatic carbocycles. The first-order valence-electron chi connectivity index (χ1n) is 8.63. The number of urea groups is 1. The van der Waals surface area contributed by atoms with Gasteiger partial charge in [-0.2, -0.15) is 0 Å². The van der Waals surface area contributed by atoms with E-state index in [-0.39, 0.29) is 18.7 Å². The van der Waals surface area contributed by atoms with E-state index in [1.165, 1.54) is 5.56 Å². The molecule has 0 unspecified atom stereocenters. The summed E-state index contributed by atoms with van der Waals surface area (Å²) in [5.41, 5.74) is 2.39. The Hall–Kier alpha value is -1.59. The van der Waals surface area contributed by atoms with E-state index in [2.05, 4.69) is 36.2 Å². The maximum absolute atomic E-state index is 12.2. The predicted molar refractivity (Wildman–Crippen MR) is 92.1 cm³/mol. The lowest BCUT2D eigenvalue weighted by Gasteiger charge is -2.23. The van der Waals surface area contributed by atoms with Gasteiger partial charge in [0.1, 0.15) is 0 Å². The number of hydrogen-bond donors (Lipinski definition) is 2. The molecule has 1 aromatic rings. The van der Waals surface area contributed by atoms with Crippen LogP contribution < -0.4 is 5.32 Å². The van der Waals surface area contributed by atoms with Gasteiger partial charge < -0.3 is 15.3 Å². The number of likely N-dealkylation sites (tertiary alicyclic amines) is 1. The largest absolute Gasteiger partial charge is 0.394 e. The molecule has 1 aliphatic rings. The van der Waals surface area contributed by atoms with E-state index in [0.717, 1.165) is 44.6 Å². The molecule has 1 aliphatic heterocycles. The third-order valence-electron chi connectivity index (χ3n) is 4.58. The summed E-state index contributed by atoms with van der Waals surface area (Å²) in [7, 11) is 0. The Kier molecular flexibility index (Phi) is 6.86. The van der Waals surface area contributed by atoms with Gasteiger partial charge in [-0.1, -0.05) is 38.1 Å². The van der Waals surface area contributed by atoms with Crippen LogP contribution in [0.1, 0.15) is 37.8 Å². The molecule has 1 atom stereocenters. The van der Waals surface area contributed by atoms with Crippen LogP contribution in [0.15, 0.2) is 24.3 Å². The highest BCUT2D eigenvalue weighted by Gasteiger charge is 2.27. The van der Waals surface area contributed by atoms with Gasteiger partial charge in [0, 0.05) is 19.6 Å². The van der Waals surface area contributed by atoms with Gasteiger partial charge in [0.2, 0.25) is 0 Å². The highest BCUT2D eigenvalue weighted by Crippen LogP contribution is 2.16. The second-order valence-corrected chi connectivity index (χ2v) is 6.11. The lowest BCUT2D eigenvalue weighted by atomic mass is 10.1. The summed E-state index contributed by atoms with van der Waals surface area (Å²) in [6.07, 6.45) is 1.86. The Labute approximate surface area is 139 Å². The first kappa shape index (κ1) is 17.8. The number of hydrogen-bond acceptors (Lipinski definition) is 3. The van der Waals surface area contributed by atoms with E-state index in [0.29, 0.717) is 6.54 Å². The molecule has 2 rings (SSSR count). The molecule has 1 saturated heterocycles. The van der Waals surface area contributed by atoms with Crippen molar-refractivity contribution in [3.05, 3.63) is 35.4 Å². The molecule has 0 radical (unpaired) electrons. The van der Waals surface area contributed by atoms with Crippen LogP contribution in [-0.4, -0.2) is 53.2 Å². The Bertz CT molecular complexity index is 503. The fourth-order valence-corrected chi connectivity index (χ4v) is 3.12. The number of rotatable bonds is 7. The van der Waals surface area contributed by atoms with Gasteiger partial charge in [0.25, 0.3) is 0 Å². The molecular weight excluding hydrogens is 290 g/mol. The number of carbonyl (C=O) groups excluding carboxylic acids is 1. The molecule has 2 N–H and O–H groups in total. The van der Waals surface area contributed by atoms with Crippen LogP contribution in [0.3, 0.4) is 0 Å². The van der Waals surface area contributed by atoms with Crippen molar-refractivity contribution in [1.29, 1.82) is 0 Å². The van der Waals surface area contributed by atoms with Crippen molar-refractivity contribution >= 4 is 6.03 Å². The SMILES string of the molecule is CCN(CC)Cc1cccc(CNC(=O)N2CCC[C@H]2CO)c1. The summed E-state index contributed by atoms with van der Waals surface area (Å²) >= 11 is 0. The number of nitrogens with zero attached hydrogens (tertiary/aromatic N) is 2. The van der Waals surface area contributed by atoms with Crippen molar-refractivity contribution in [3.63, 3.8) is 0 Å². The van der Waals surface area contributed by atoms with E-state index >= 15 is 0 Å². The summed E-state index contributed by atoms with van der Waals surface area (Å²) in [4.78, 5) is 16.4. The van der Waals surface area contributed by atoms with Crippen LogP contribution in [0.4, 0.5) is 4.79 Å². The van der Waals surface area contributed by atoms with Crippen LogP contribution in [0, 0.1) is 0 Å². The highest BCUT2D eigenvalue weighted by molar-refractivity contribution is 5.74. The molecule has 0 bridgehead atoms. The average Bonchev–Trinajstić information content (AvgIpc) is 3.06. The molecule has 5 heteroatoms. The van der Waals surface area contributed by atoms with Crippen LogP contribution >= 0.6 is 0 Å². The Morgan fingerprint density at radius 2 is 2.09 bits per heavy atom. The van der Waals surface area contributed by atoms with E-state index in [4.69, 9.17) is 0 Å². The van der Waals surface area contributed by atoms with Gasteiger partial charge in [-0.25, -0.2) is 4.79 Å². The normalized spacial score (nSPS) is 17.7. The Morgan fingerprint density at radius 3 is 2.78 bits per heavy atom. The van der Waals surface area contributed by atoms with E-state index in [9.17, 15) is 9.90 Å². The first-order valence-corrected chi connectivity index (χ1v) is 8.63. The zero-order chi connectivity index (χ0) is 16.7. The molecule has 0 spiro atoms. The Balaban J connectivity index is 1.89. The fraction of sp³-hybridized carbons (Fsp3) is 0.611. The fourth-order valence-electron chi connectivity index (χ4n) is 3.12. The molecule has 1 heterocycles. The smallest absolute Gasteiger partial charge is 0.317 e. The lowest BCUT2D eigenvalue weighted by Crippen LogP contribution is -2.43. The third kappa shape index (κ3) is 4.94. The zero-order valence-electron chi connectivity index (χ0n) is 14.3. The number of aliphatic hydroxyl groups is 1. The van der Waals surface area contributed by atoms with Gasteiger partial charge in [0.15, 0.2) is 0 Å². The number of carbonyl (C=O) groups is 1. The van der Waals surface area contributed by atoms with Crippen molar-refractivity contribution in [2.24, 2.45) is 0 Å². The first-order chi connectivity index (χ1) is 11.2. The molecule has 2 amide bonds. The molecule has 128 valence electrons. The number of benzene rings is 1. The molecule has 0 aliphatic carbocycles. The van der Waals surface area contributed by atoms with Crippen LogP contribution in [0.25, 0.3) is 0 Å². The predicted octanol–water partition coefficient (Wildman–Crippen LogP) is 2.19. The minimum Gasteiger partial charge on any atom is -0.394 e. The number of nitrogens with one attached hydrogen (secondary N) is 1. The molecule has 1 fully saturated rings. The van der Waals surface area contributed by atoms with Crippen LogP contribution in [-0.2, 0) is 13.1 Å². The quantitative estimate of drug-likeness (QED) is 0.810.